The van der Waals surface area contributed by atoms with E-state index in [0.29, 0.717) is 23.9 Å². The van der Waals surface area contributed by atoms with E-state index in [0.717, 1.165) is 71.6 Å². The summed E-state index contributed by atoms with van der Waals surface area (Å²) in [6, 6.07) is 20.9. The van der Waals surface area contributed by atoms with E-state index in [9.17, 15) is 0 Å². The number of hydrogen-bond acceptors (Lipinski definition) is 7. The Kier molecular flexibility index (Phi) is 6.45. The molecule has 2 atom stereocenters. The van der Waals surface area contributed by atoms with Crippen molar-refractivity contribution < 1.29 is 4.74 Å². The second-order valence-corrected chi connectivity index (χ2v) is 11.6. The molecule has 2 saturated heterocycles. The number of hydrogen-bond donors (Lipinski definition) is 2. The van der Waals surface area contributed by atoms with E-state index in [4.69, 9.17) is 15.6 Å². The minimum atomic E-state index is 0.308. The van der Waals surface area contributed by atoms with Crippen molar-refractivity contribution in [2.24, 2.45) is 0 Å². The second-order valence-electron chi connectivity index (χ2n) is 11.6. The summed E-state index contributed by atoms with van der Waals surface area (Å²) in [6.07, 6.45) is 11.4. The van der Waals surface area contributed by atoms with E-state index < -0.39 is 0 Å². The topological polar surface area (TPSA) is 94.1 Å². The molecular weight excluding hydrogens is 486 g/mol. The molecule has 2 bridgehead atoms. The molecule has 1 aliphatic carbocycles. The zero-order chi connectivity index (χ0) is 26.3. The first-order valence-corrected chi connectivity index (χ1v) is 14.4. The van der Waals surface area contributed by atoms with Crippen molar-refractivity contribution in [1.29, 1.82) is 0 Å². The minimum Gasteiger partial charge on any atom is -0.457 e. The molecule has 7 rings (SSSR count). The lowest BCUT2D eigenvalue weighted by Crippen LogP contribution is -2.50. The second kappa shape index (κ2) is 10.2. The van der Waals surface area contributed by atoms with Gasteiger partial charge in [-0.3, -0.25) is 0 Å². The van der Waals surface area contributed by atoms with Crippen LogP contribution in [0.1, 0.15) is 57.4 Å². The largest absolute Gasteiger partial charge is 0.457 e. The lowest BCUT2D eigenvalue weighted by Gasteiger charge is -2.39. The van der Waals surface area contributed by atoms with Gasteiger partial charge in [-0.25, -0.2) is 14.6 Å². The smallest absolute Gasteiger partial charge is 0.164 e. The van der Waals surface area contributed by atoms with Crippen LogP contribution in [-0.2, 0) is 0 Å². The number of nitrogen functional groups attached to an aromatic ring is 1. The third-order valence-corrected chi connectivity index (χ3v) is 9.24. The Balaban J connectivity index is 1.07. The van der Waals surface area contributed by atoms with Crippen molar-refractivity contribution in [3.05, 3.63) is 60.9 Å². The Morgan fingerprint density at radius 3 is 2.18 bits per heavy atom. The van der Waals surface area contributed by atoms with Gasteiger partial charge < -0.3 is 20.7 Å². The molecule has 2 aliphatic heterocycles. The molecule has 2 aromatic carbocycles. The van der Waals surface area contributed by atoms with Gasteiger partial charge in [-0.15, -0.1) is 0 Å². The van der Waals surface area contributed by atoms with Gasteiger partial charge in [-0.1, -0.05) is 18.2 Å². The molecule has 1 saturated carbocycles. The van der Waals surface area contributed by atoms with Crippen LogP contribution in [0.2, 0.25) is 0 Å². The highest BCUT2D eigenvalue weighted by Crippen LogP contribution is 2.38. The van der Waals surface area contributed by atoms with E-state index in [2.05, 4.69) is 31.9 Å². The SMILES string of the molecule is CN1C2CCC1CC(NC1CCC(n3nc(-c4ccc(Oc5ccccc5)cc4)c4c(N)ncnc43)CC1)C2. The van der Waals surface area contributed by atoms with Crippen molar-refractivity contribution in [2.45, 2.75) is 81.6 Å². The summed E-state index contributed by atoms with van der Waals surface area (Å²) in [6.45, 7) is 0. The van der Waals surface area contributed by atoms with E-state index in [1.54, 1.807) is 6.33 Å². The molecule has 0 spiro atoms. The average molecular weight is 524 g/mol. The molecule has 3 aliphatic rings. The molecule has 2 aromatic heterocycles. The molecule has 0 amide bonds. The number of piperidine rings is 1. The van der Waals surface area contributed by atoms with Gasteiger partial charge in [0.25, 0.3) is 0 Å². The number of benzene rings is 2. The first-order chi connectivity index (χ1) is 19.1. The van der Waals surface area contributed by atoms with Crippen molar-refractivity contribution in [3.63, 3.8) is 0 Å². The third-order valence-electron chi connectivity index (χ3n) is 9.24. The molecule has 8 heteroatoms. The van der Waals surface area contributed by atoms with Crippen LogP contribution in [0.15, 0.2) is 60.9 Å². The standard InChI is InChI=1S/C31H37N7O/c1-37-24-13-14-25(37)18-22(17-24)35-21-9-11-23(12-10-21)38-31-28(30(32)33-19-34-31)29(36-38)20-7-15-27(16-8-20)39-26-5-3-2-4-6-26/h2-8,15-16,19,21-25,35H,9-14,17-18H2,1H3,(H2,32,33,34). The minimum absolute atomic E-state index is 0.308. The zero-order valence-electron chi connectivity index (χ0n) is 22.5. The number of rotatable bonds is 6. The number of anilines is 1. The summed E-state index contributed by atoms with van der Waals surface area (Å²) >= 11 is 0. The Hall–Kier alpha value is -3.49. The van der Waals surface area contributed by atoms with E-state index >= 15 is 0 Å². The normalized spacial score (nSPS) is 27.2. The van der Waals surface area contributed by atoms with Crippen LogP contribution in [0.4, 0.5) is 5.82 Å². The van der Waals surface area contributed by atoms with Crippen molar-refractivity contribution in [1.82, 2.24) is 30.0 Å². The lowest BCUT2D eigenvalue weighted by molar-refractivity contribution is 0.136. The lowest BCUT2D eigenvalue weighted by atomic mass is 9.89. The summed E-state index contributed by atoms with van der Waals surface area (Å²) in [5.41, 5.74) is 9.02. The van der Waals surface area contributed by atoms with Gasteiger partial charge in [-0.2, -0.15) is 5.10 Å². The quantitative estimate of drug-likeness (QED) is 0.341. The molecule has 4 aromatic rings. The van der Waals surface area contributed by atoms with Crippen LogP contribution < -0.4 is 15.8 Å². The summed E-state index contributed by atoms with van der Waals surface area (Å²) in [5, 5.41) is 9.97. The van der Waals surface area contributed by atoms with Crippen molar-refractivity contribution in [2.75, 3.05) is 12.8 Å². The Bertz CT molecular complexity index is 1410. The van der Waals surface area contributed by atoms with Crippen LogP contribution in [0.5, 0.6) is 11.5 Å². The van der Waals surface area contributed by atoms with Gasteiger partial charge >= 0.3 is 0 Å². The van der Waals surface area contributed by atoms with Gasteiger partial charge in [0, 0.05) is 29.7 Å². The fraction of sp³-hybridized carbons (Fsp3) is 0.452. The van der Waals surface area contributed by atoms with Crippen LogP contribution >= 0.6 is 0 Å². The van der Waals surface area contributed by atoms with Crippen LogP contribution in [0, 0.1) is 0 Å². The first kappa shape index (κ1) is 24.5. The maximum absolute atomic E-state index is 6.39. The first-order valence-electron chi connectivity index (χ1n) is 14.4. The van der Waals surface area contributed by atoms with Crippen molar-refractivity contribution >= 4 is 16.9 Å². The molecule has 8 nitrogen and oxygen atoms in total. The maximum Gasteiger partial charge on any atom is 0.164 e. The molecule has 4 heterocycles. The number of nitrogens with zero attached hydrogens (tertiary/aromatic N) is 5. The number of nitrogens with one attached hydrogen (secondary N) is 1. The highest BCUT2D eigenvalue weighted by Gasteiger charge is 2.39. The molecule has 202 valence electrons. The third kappa shape index (κ3) is 4.76. The predicted octanol–water partition coefficient (Wildman–Crippen LogP) is 5.57. The van der Waals surface area contributed by atoms with Crippen molar-refractivity contribution in [3.8, 4) is 22.8 Å². The number of fused-ring (bicyclic) bond motifs is 3. The Labute approximate surface area is 229 Å². The van der Waals surface area contributed by atoms with Crippen LogP contribution in [0.25, 0.3) is 22.3 Å². The van der Waals surface area contributed by atoms with Crippen LogP contribution in [0.3, 0.4) is 0 Å². The number of ether oxygens (including phenoxy) is 1. The van der Waals surface area contributed by atoms with Gasteiger partial charge in [0.05, 0.1) is 11.4 Å². The summed E-state index contributed by atoms with van der Waals surface area (Å²) in [5.74, 6) is 2.06. The van der Waals surface area contributed by atoms with Gasteiger partial charge in [0.1, 0.15) is 29.3 Å². The molecule has 2 unspecified atom stereocenters. The summed E-state index contributed by atoms with van der Waals surface area (Å²) in [7, 11) is 2.32. The average Bonchev–Trinajstić information content (AvgIpc) is 3.43. The Morgan fingerprint density at radius 1 is 0.795 bits per heavy atom. The summed E-state index contributed by atoms with van der Waals surface area (Å²) in [4.78, 5) is 11.6. The highest BCUT2D eigenvalue weighted by molar-refractivity contribution is 5.98. The Morgan fingerprint density at radius 2 is 1.46 bits per heavy atom. The maximum atomic E-state index is 6.39. The molecular formula is C31H37N7O. The van der Waals surface area contributed by atoms with Crippen LogP contribution in [-0.4, -0.2) is 55.9 Å². The van der Waals surface area contributed by atoms with E-state index in [-0.39, 0.29) is 0 Å². The summed E-state index contributed by atoms with van der Waals surface area (Å²) < 4.78 is 8.10. The highest BCUT2D eigenvalue weighted by atomic mass is 16.5. The molecule has 3 N–H and O–H groups in total. The fourth-order valence-electron chi connectivity index (χ4n) is 7.13. The number of nitrogens with two attached hydrogens (primary N) is 1. The predicted molar refractivity (Wildman–Crippen MR) is 154 cm³/mol. The van der Waals surface area contributed by atoms with Gasteiger partial charge in [0.2, 0.25) is 0 Å². The van der Waals surface area contributed by atoms with Gasteiger partial charge in [0.15, 0.2) is 5.65 Å². The van der Waals surface area contributed by atoms with Gasteiger partial charge in [-0.05, 0) is 94.8 Å². The molecule has 0 radical (unpaired) electrons. The molecule has 39 heavy (non-hydrogen) atoms. The fourth-order valence-corrected chi connectivity index (χ4v) is 7.13. The van der Waals surface area contributed by atoms with E-state index in [1.807, 2.05) is 54.6 Å². The zero-order valence-corrected chi connectivity index (χ0v) is 22.5. The molecule has 3 fully saturated rings. The number of para-hydroxylation sites is 1. The number of aromatic nitrogens is 4. The monoisotopic (exact) mass is 523 g/mol. The van der Waals surface area contributed by atoms with E-state index in [1.165, 1.54) is 25.7 Å².